The number of amides is 1. The van der Waals surface area contributed by atoms with Crippen LogP contribution in [-0.4, -0.2) is 34.1 Å². The van der Waals surface area contributed by atoms with Crippen LogP contribution in [0.25, 0.3) is 0 Å². The van der Waals surface area contributed by atoms with Crippen molar-refractivity contribution in [3.63, 3.8) is 0 Å². The second-order valence-electron chi connectivity index (χ2n) is 5.75. The van der Waals surface area contributed by atoms with E-state index in [1.54, 1.807) is 24.3 Å². The van der Waals surface area contributed by atoms with Gasteiger partial charge in [0.25, 0.3) is 15.9 Å². The fourth-order valence-electron chi connectivity index (χ4n) is 2.32. The molecule has 0 saturated carbocycles. The predicted molar refractivity (Wildman–Crippen MR) is 102 cm³/mol. The predicted octanol–water partition coefficient (Wildman–Crippen LogP) is 2.95. The van der Waals surface area contributed by atoms with Crippen LogP contribution in [0.15, 0.2) is 53.4 Å². The van der Waals surface area contributed by atoms with Gasteiger partial charge in [0.1, 0.15) is 0 Å². The second-order valence-corrected chi connectivity index (χ2v) is 7.44. The third-order valence-corrected chi connectivity index (χ3v) is 5.11. The zero-order valence-corrected chi connectivity index (χ0v) is 15.8. The van der Waals surface area contributed by atoms with Crippen molar-refractivity contribution in [2.24, 2.45) is 0 Å². The van der Waals surface area contributed by atoms with Crippen LogP contribution in [0.2, 0.25) is 0 Å². The van der Waals surface area contributed by atoms with E-state index < -0.39 is 10.0 Å². The van der Waals surface area contributed by atoms with Crippen molar-refractivity contribution in [1.82, 2.24) is 5.32 Å². The van der Waals surface area contributed by atoms with E-state index in [2.05, 4.69) is 10.0 Å². The highest BCUT2D eigenvalue weighted by atomic mass is 32.2. The monoisotopic (exact) mass is 376 g/mol. The minimum atomic E-state index is -3.77. The summed E-state index contributed by atoms with van der Waals surface area (Å²) in [6.07, 6.45) is 0.701. The smallest absolute Gasteiger partial charge is 0.261 e. The quantitative estimate of drug-likeness (QED) is 0.659. The Morgan fingerprint density at radius 3 is 2.62 bits per heavy atom. The number of carbonyl (C=O) groups excluding carboxylic acids is 1. The number of anilines is 1. The van der Waals surface area contributed by atoms with Gasteiger partial charge in [0, 0.05) is 25.3 Å². The van der Waals surface area contributed by atoms with Crippen LogP contribution in [-0.2, 0) is 14.8 Å². The fraction of sp³-hybridized carbons (Fsp3) is 0.316. The van der Waals surface area contributed by atoms with Crippen molar-refractivity contribution in [2.45, 2.75) is 25.2 Å². The average Bonchev–Trinajstić information content (AvgIpc) is 2.63. The third-order valence-electron chi connectivity index (χ3n) is 3.75. The Morgan fingerprint density at radius 1 is 1.12 bits per heavy atom. The molecule has 0 aliphatic heterocycles. The molecule has 0 fully saturated rings. The Balaban J connectivity index is 2.07. The lowest BCUT2D eigenvalue weighted by Gasteiger charge is -2.11. The zero-order valence-electron chi connectivity index (χ0n) is 15.0. The molecule has 0 aliphatic rings. The Morgan fingerprint density at radius 2 is 1.88 bits per heavy atom. The first-order chi connectivity index (χ1) is 12.4. The number of benzene rings is 2. The van der Waals surface area contributed by atoms with Gasteiger partial charge in [0.05, 0.1) is 10.6 Å². The van der Waals surface area contributed by atoms with Crippen LogP contribution < -0.4 is 10.0 Å². The van der Waals surface area contributed by atoms with Gasteiger partial charge in [-0.1, -0.05) is 24.3 Å². The van der Waals surface area contributed by atoms with Crippen molar-refractivity contribution < 1.29 is 17.9 Å². The summed E-state index contributed by atoms with van der Waals surface area (Å²) < 4.78 is 33.0. The average molecular weight is 376 g/mol. The number of para-hydroxylation sites is 1. The van der Waals surface area contributed by atoms with E-state index in [1.165, 1.54) is 12.1 Å². The first-order valence-electron chi connectivity index (χ1n) is 8.48. The molecule has 0 bridgehead atoms. The van der Waals surface area contributed by atoms with Crippen LogP contribution in [0, 0.1) is 6.92 Å². The number of ether oxygens (including phenoxy) is 1. The summed E-state index contributed by atoms with van der Waals surface area (Å²) in [6.45, 7) is 5.42. The van der Waals surface area contributed by atoms with E-state index in [0.717, 1.165) is 5.56 Å². The van der Waals surface area contributed by atoms with Crippen molar-refractivity contribution in [2.75, 3.05) is 24.5 Å². The van der Waals surface area contributed by atoms with Gasteiger partial charge in [-0.15, -0.1) is 0 Å². The molecule has 2 aromatic carbocycles. The largest absolute Gasteiger partial charge is 0.382 e. The number of carbonyl (C=O) groups is 1. The van der Waals surface area contributed by atoms with Gasteiger partial charge >= 0.3 is 0 Å². The van der Waals surface area contributed by atoms with E-state index >= 15 is 0 Å². The van der Waals surface area contributed by atoms with Gasteiger partial charge < -0.3 is 10.1 Å². The van der Waals surface area contributed by atoms with Crippen LogP contribution in [0.3, 0.4) is 0 Å². The number of aryl methyl sites for hydroxylation is 1. The molecule has 2 aromatic rings. The van der Waals surface area contributed by atoms with Gasteiger partial charge in [0.15, 0.2) is 0 Å². The van der Waals surface area contributed by atoms with Crippen molar-refractivity contribution in [1.29, 1.82) is 0 Å². The van der Waals surface area contributed by atoms with Gasteiger partial charge in [-0.25, -0.2) is 8.42 Å². The lowest BCUT2D eigenvalue weighted by Crippen LogP contribution is -2.25. The second kappa shape index (κ2) is 9.35. The van der Waals surface area contributed by atoms with Gasteiger partial charge in [-0.3, -0.25) is 9.52 Å². The van der Waals surface area contributed by atoms with E-state index in [9.17, 15) is 13.2 Å². The summed E-state index contributed by atoms with van der Waals surface area (Å²) in [7, 11) is -3.77. The summed E-state index contributed by atoms with van der Waals surface area (Å²) in [5.74, 6) is -0.311. The van der Waals surface area contributed by atoms with Gasteiger partial charge in [-0.05, 0) is 50.1 Å². The first-order valence-corrected chi connectivity index (χ1v) is 9.97. The minimum Gasteiger partial charge on any atom is -0.382 e. The minimum absolute atomic E-state index is 0.0442. The molecular weight excluding hydrogens is 352 g/mol. The number of nitrogens with one attached hydrogen (secondary N) is 2. The molecule has 7 heteroatoms. The van der Waals surface area contributed by atoms with Crippen LogP contribution in [0.4, 0.5) is 5.69 Å². The molecule has 0 radical (unpaired) electrons. The maximum atomic E-state index is 12.6. The molecule has 6 nitrogen and oxygen atoms in total. The molecule has 1 amide bonds. The van der Waals surface area contributed by atoms with E-state index in [4.69, 9.17) is 4.74 Å². The number of rotatable bonds is 9. The van der Waals surface area contributed by atoms with Crippen molar-refractivity contribution in [3.8, 4) is 0 Å². The van der Waals surface area contributed by atoms with Crippen LogP contribution >= 0.6 is 0 Å². The first kappa shape index (κ1) is 19.9. The third kappa shape index (κ3) is 5.57. The lowest BCUT2D eigenvalue weighted by atomic mass is 10.2. The number of hydrogen-bond acceptors (Lipinski definition) is 4. The van der Waals surface area contributed by atoms with E-state index in [0.29, 0.717) is 37.4 Å². The zero-order chi connectivity index (χ0) is 19.0. The van der Waals surface area contributed by atoms with Crippen molar-refractivity contribution >= 4 is 21.6 Å². The summed E-state index contributed by atoms with van der Waals surface area (Å²) >= 11 is 0. The van der Waals surface area contributed by atoms with Crippen LogP contribution in [0.1, 0.15) is 29.3 Å². The molecule has 0 aliphatic carbocycles. The molecule has 0 unspecified atom stereocenters. The highest BCUT2D eigenvalue weighted by Gasteiger charge is 2.17. The molecular formula is C19H24N2O4S. The number of sulfonamides is 1. The highest BCUT2D eigenvalue weighted by molar-refractivity contribution is 7.92. The Bertz CT molecular complexity index is 850. The molecule has 2 N–H and O–H groups in total. The Hall–Kier alpha value is -2.38. The van der Waals surface area contributed by atoms with Crippen molar-refractivity contribution in [3.05, 3.63) is 59.7 Å². The maximum Gasteiger partial charge on any atom is 0.261 e. The summed E-state index contributed by atoms with van der Waals surface area (Å²) in [5, 5.41) is 2.76. The SMILES string of the molecule is CCOCCCNC(=O)c1cccc(S(=O)(=O)Nc2ccccc2C)c1. The Labute approximate surface area is 154 Å². The highest BCUT2D eigenvalue weighted by Crippen LogP contribution is 2.20. The molecule has 0 heterocycles. The van der Waals surface area contributed by atoms with E-state index in [-0.39, 0.29) is 10.8 Å². The molecule has 0 aromatic heterocycles. The molecule has 26 heavy (non-hydrogen) atoms. The molecule has 0 spiro atoms. The topological polar surface area (TPSA) is 84.5 Å². The summed E-state index contributed by atoms with van der Waals surface area (Å²) in [4.78, 5) is 12.2. The number of hydrogen-bond donors (Lipinski definition) is 2. The lowest BCUT2D eigenvalue weighted by molar-refractivity contribution is 0.0944. The van der Waals surface area contributed by atoms with Gasteiger partial charge in [0.2, 0.25) is 0 Å². The van der Waals surface area contributed by atoms with Crippen LogP contribution in [0.5, 0.6) is 0 Å². The maximum absolute atomic E-state index is 12.6. The van der Waals surface area contributed by atoms with E-state index in [1.807, 2.05) is 26.0 Å². The molecule has 0 saturated heterocycles. The molecule has 2 rings (SSSR count). The van der Waals surface area contributed by atoms with Gasteiger partial charge in [-0.2, -0.15) is 0 Å². The normalized spacial score (nSPS) is 11.2. The molecule has 0 atom stereocenters. The molecule has 140 valence electrons. The summed E-state index contributed by atoms with van der Waals surface area (Å²) in [5.41, 5.74) is 1.63. The Kier molecular flexibility index (Phi) is 7.17. The standard InChI is InChI=1S/C19H24N2O4S/c1-3-25-13-7-12-20-19(22)16-9-6-10-17(14-16)26(23,24)21-18-11-5-4-8-15(18)2/h4-6,8-11,14,21H,3,7,12-13H2,1-2H3,(H,20,22). The summed E-state index contributed by atoms with van der Waals surface area (Å²) in [6, 6.07) is 13.1. The fourth-order valence-corrected chi connectivity index (χ4v) is 3.49.